The van der Waals surface area contributed by atoms with Crippen molar-refractivity contribution in [1.29, 1.82) is 0 Å². The van der Waals surface area contributed by atoms with Crippen molar-refractivity contribution in [1.82, 2.24) is 10.1 Å². The number of hydrogen-bond donors (Lipinski definition) is 1. The van der Waals surface area contributed by atoms with Gasteiger partial charge in [-0.05, 0) is 61.8 Å². The first-order valence-corrected chi connectivity index (χ1v) is 12.2. The van der Waals surface area contributed by atoms with Gasteiger partial charge in [-0.3, -0.25) is 9.59 Å². The molecule has 0 spiro atoms. The zero-order valence-electron chi connectivity index (χ0n) is 22.4. The van der Waals surface area contributed by atoms with Crippen LogP contribution in [0.3, 0.4) is 0 Å². The Labute approximate surface area is 199 Å². The number of esters is 2. The summed E-state index contributed by atoms with van der Waals surface area (Å²) in [6, 6.07) is 0. The molecule has 0 saturated carbocycles. The third-order valence-electron chi connectivity index (χ3n) is 7.16. The number of ether oxygens (including phenoxy) is 2. The molecule has 0 radical (unpaired) electrons. The summed E-state index contributed by atoms with van der Waals surface area (Å²) in [6.45, 7) is 17.9. The molecule has 2 fully saturated rings. The fourth-order valence-corrected chi connectivity index (χ4v) is 6.10. The van der Waals surface area contributed by atoms with Gasteiger partial charge in [0, 0.05) is 47.8 Å². The van der Waals surface area contributed by atoms with Gasteiger partial charge in [-0.15, -0.1) is 0 Å². The maximum absolute atomic E-state index is 12.9. The first kappa shape index (κ1) is 28.0. The second-order valence-electron chi connectivity index (χ2n) is 12.3. The molecule has 1 unspecified atom stereocenters. The largest absolute Gasteiger partial charge is 0.462 e. The summed E-state index contributed by atoms with van der Waals surface area (Å²) in [5.74, 6) is -1.28. The molecule has 0 aliphatic carbocycles. The third-order valence-corrected chi connectivity index (χ3v) is 7.16. The molecular formula is C25H46N2O6. The smallest absolute Gasteiger partial charge is 0.309 e. The van der Waals surface area contributed by atoms with E-state index in [0.717, 1.165) is 0 Å². The van der Waals surface area contributed by atoms with Crippen LogP contribution < -0.4 is 0 Å². The Kier molecular flexibility index (Phi) is 8.32. The highest BCUT2D eigenvalue weighted by Gasteiger charge is 2.48. The molecular weight excluding hydrogens is 424 g/mol. The summed E-state index contributed by atoms with van der Waals surface area (Å²) >= 11 is 0. The van der Waals surface area contributed by atoms with Gasteiger partial charge in [0.15, 0.2) is 0 Å². The summed E-state index contributed by atoms with van der Waals surface area (Å²) in [5, 5.41) is 13.8. The molecule has 2 saturated heterocycles. The van der Waals surface area contributed by atoms with Crippen molar-refractivity contribution in [2.45, 2.75) is 135 Å². The highest BCUT2D eigenvalue weighted by molar-refractivity contribution is 5.80. The predicted octanol–water partition coefficient (Wildman–Crippen LogP) is 4.48. The van der Waals surface area contributed by atoms with Crippen LogP contribution in [-0.4, -0.2) is 68.7 Å². The minimum atomic E-state index is -0.545. The highest BCUT2D eigenvalue weighted by Crippen LogP contribution is 2.40. The van der Waals surface area contributed by atoms with Gasteiger partial charge in [0.05, 0.1) is 19.4 Å². The molecule has 8 heteroatoms. The van der Waals surface area contributed by atoms with Crippen LogP contribution in [0, 0.1) is 5.92 Å². The van der Waals surface area contributed by atoms with Gasteiger partial charge in [0.25, 0.3) is 0 Å². The van der Waals surface area contributed by atoms with Crippen molar-refractivity contribution in [3.63, 3.8) is 0 Å². The molecule has 2 rings (SSSR count). The summed E-state index contributed by atoms with van der Waals surface area (Å²) in [7, 11) is 1.67. The van der Waals surface area contributed by atoms with E-state index in [2.05, 4.69) is 27.7 Å². The maximum atomic E-state index is 12.9. The van der Waals surface area contributed by atoms with Gasteiger partial charge in [-0.25, -0.2) is 0 Å². The average molecular weight is 471 g/mol. The van der Waals surface area contributed by atoms with Crippen molar-refractivity contribution in [3.05, 3.63) is 0 Å². The number of hydroxylamine groups is 4. The van der Waals surface area contributed by atoms with Crippen molar-refractivity contribution in [2.24, 2.45) is 5.92 Å². The molecule has 2 heterocycles. The van der Waals surface area contributed by atoms with Crippen LogP contribution in [0.1, 0.15) is 101 Å². The molecule has 0 aromatic rings. The van der Waals surface area contributed by atoms with E-state index in [1.54, 1.807) is 7.11 Å². The summed E-state index contributed by atoms with van der Waals surface area (Å²) < 4.78 is 11.7. The number of hydrogen-bond acceptors (Lipinski definition) is 8. The van der Waals surface area contributed by atoms with Gasteiger partial charge in [-0.2, -0.15) is 10.1 Å². The van der Waals surface area contributed by atoms with Gasteiger partial charge in [-0.1, -0.05) is 6.92 Å². The lowest BCUT2D eigenvalue weighted by Gasteiger charge is -2.52. The Hall–Kier alpha value is -1.22. The monoisotopic (exact) mass is 470 g/mol. The van der Waals surface area contributed by atoms with Crippen LogP contribution in [-0.2, 0) is 23.9 Å². The molecule has 0 aromatic heterocycles. The Morgan fingerprint density at radius 2 is 1.27 bits per heavy atom. The number of carbonyl (C=O) groups excluding carboxylic acids is 2. The standard InChI is InChI=1S/C25H46N2O6/c1-11-17(21(29)33-19-13-22(2,3)26(30)23(4,5)14-19)12-20(28)32-18-15-24(6,7)27(31-10)25(8,9)16-18/h17-19,30H,11-16H2,1-10H3. The molecule has 0 aromatic carbocycles. The van der Waals surface area contributed by atoms with Crippen LogP contribution >= 0.6 is 0 Å². The molecule has 8 nitrogen and oxygen atoms in total. The van der Waals surface area contributed by atoms with E-state index in [9.17, 15) is 14.8 Å². The summed E-state index contributed by atoms with van der Waals surface area (Å²) in [5.41, 5.74) is -1.59. The summed E-state index contributed by atoms with van der Waals surface area (Å²) in [6.07, 6.45) is 2.32. The Balaban J connectivity index is 1.97. The molecule has 0 bridgehead atoms. The average Bonchev–Trinajstić information content (AvgIpc) is 2.61. The summed E-state index contributed by atoms with van der Waals surface area (Å²) in [4.78, 5) is 31.3. The van der Waals surface area contributed by atoms with Gasteiger partial charge in [0.2, 0.25) is 0 Å². The SMILES string of the molecule is CCC(CC(=O)OC1CC(C)(C)N(OC)C(C)(C)C1)C(=O)OC1CC(C)(C)N(O)C(C)(C)C1. The van der Waals surface area contributed by atoms with Crippen molar-refractivity contribution in [3.8, 4) is 0 Å². The van der Waals surface area contributed by atoms with Crippen molar-refractivity contribution >= 4 is 11.9 Å². The van der Waals surface area contributed by atoms with Crippen molar-refractivity contribution in [2.75, 3.05) is 7.11 Å². The quantitative estimate of drug-likeness (QED) is 0.545. The molecule has 1 atom stereocenters. The first-order chi connectivity index (χ1) is 14.9. The fourth-order valence-electron chi connectivity index (χ4n) is 6.10. The fraction of sp³-hybridized carbons (Fsp3) is 0.920. The molecule has 2 aliphatic heterocycles. The molecule has 2 aliphatic rings. The molecule has 0 amide bonds. The lowest BCUT2D eigenvalue weighted by molar-refractivity contribution is -0.278. The number of carbonyl (C=O) groups is 2. The van der Waals surface area contributed by atoms with E-state index in [0.29, 0.717) is 32.1 Å². The Bertz CT molecular complexity index is 682. The van der Waals surface area contributed by atoms with Crippen molar-refractivity contribution < 1.29 is 29.1 Å². The Morgan fingerprint density at radius 1 is 0.848 bits per heavy atom. The van der Waals surface area contributed by atoms with Crippen LogP contribution in [0.25, 0.3) is 0 Å². The minimum Gasteiger partial charge on any atom is -0.462 e. The lowest BCUT2D eigenvalue weighted by Crippen LogP contribution is -2.61. The topological polar surface area (TPSA) is 88.5 Å². The zero-order valence-corrected chi connectivity index (χ0v) is 22.4. The second-order valence-corrected chi connectivity index (χ2v) is 12.3. The lowest BCUT2D eigenvalue weighted by atomic mass is 9.80. The highest BCUT2D eigenvalue weighted by atomic mass is 16.7. The number of nitrogens with zero attached hydrogens (tertiary/aromatic N) is 2. The van der Waals surface area contributed by atoms with Crippen LogP contribution in [0.2, 0.25) is 0 Å². The van der Waals surface area contributed by atoms with Gasteiger partial charge < -0.3 is 19.5 Å². The van der Waals surface area contributed by atoms with E-state index >= 15 is 0 Å². The van der Waals surface area contributed by atoms with Crippen LogP contribution in [0.5, 0.6) is 0 Å². The predicted molar refractivity (Wildman–Crippen MR) is 125 cm³/mol. The zero-order chi connectivity index (χ0) is 25.4. The normalized spacial score (nSPS) is 26.5. The van der Waals surface area contributed by atoms with E-state index in [4.69, 9.17) is 14.3 Å². The van der Waals surface area contributed by atoms with Crippen LogP contribution in [0.15, 0.2) is 0 Å². The third kappa shape index (κ3) is 6.47. The number of piperidine rings is 2. The van der Waals surface area contributed by atoms with Gasteiger partial charge >= 0.3 is 11.9 Å². The van der Waals surface area contributed by atoms with Gasteiger partial charge in [0.1, 0.15) is 12.2 Å². The van der Waals surface area contributed by atoms with E-state index in [-0.39, 0.29) is 41.6 Å². The van der Waals surface area contributed by atoms with E-state index in [1.807, 2.05) is 39.7 Å². The second kappa shape index (κ2) is 9.80. The minimum absolute atomic E-state index is 0.00626. The molecule has 1 N–H and O–H groups in total. The number of rotatable bonds is 7. The van der Waals surface area contributed by atoms with E-state index in [1.165, 1.54) is 5.06 Å². The first-order valence-electron chi connectivity index (χ1n) is 12.2. The van der Waals surface area contributed by atoms with E-state index < -0.39 is 17.0 Å². The Morgan fingerprint density at radius 3 is 1.70 bits per heavy atom. The maximum Gasteiger partial charge on any atom is 0.309 e. The van der Waals surface area contributed by atoms with Crippen LogP contribution in [0.4, 0.5) is 0 Å². The molecule has 33 heavy (non-hydrogen) atoms. The molecule has 192 valence electrons.